The highest BCUT2D eigenvalue weighted by molar-refractivity contribution is 7.09. The maximum Gasteiger partial charge on any atom is 0.0702 e. The lowest BCUT2D eigenvalue weighted by molar-refractivity contribution is 0.0840. The third-order valence-corrected chi connectivity index (χ3v) is 4.30. The second-order valence-electron chi connectivity index (χ2n) is 4.67. The van der Waals surface area contributed by atoms with E-state index in [1.54, 1.807) is 0 Å². The molecule has 0 aromatic carbocycles. The molecule has 1 fully saturated rings. The summed E-state index contributed by atoms with van der Waals surface area (Å²) in [6, 6.07) is 4.87. The molecule has 1 aliphatic rings. The van der Waals surface area contributed by atoms with E-state index >= 15 is 0 Å². The molecule has 2 unspecified atom stereocenters. The van der Waals surface area contributed by atoms with Crippen LogP contribution in [0.5, 0.6) is 0 Å². The van der Waals surface area contributed by atoms with Crippen molar-refractivity contribution in [2.24, 2.45) is 0 Å². The molecule has 0 saturated carbocycles. The van der Waals surface area contributed by atoms with Crippen LogP contribution < -0.4 is 5.32 Å². The highest BCUT2D eigenvalue weighted by atomic mass is 32.1. The van der Waals surface area contributed by atoms with Gasteiger partial charge in [0.15, 0.2) is 0 Å². The minimum Gasteiger partial charge on any atom is -0.377 e. The van der Waals surface area contributed by atoms with E-state index in [4.69, 9.17) is 4.74 Å². The van der Waals surface area contributed by atoms with Crippen molar-refractivity contribution in [2.75, 3.05) is 26.7 Å². The van der Waals surface area contributed by atoms with Gasteiger partial charge in [-0.2, -0.15) is 0 Å². The number of ether oxygens (including phenoxy) is 1. The first kappa shape index (κ1) is 13.0. The van der Waals surface area contributed by atoms with Crippen LogP contribution in [-0.4, -0.2) is 43.8 Å². The Balaban J connectivity index is 1.61. The summed E-state index contributed by atoms with van der Waals surface area (Å²) >= 11 is 1.81. The molecule has 0 radical (unpaired) electrons. The first-order valence-electron chi connectivity index (χ1n) is 6.32. The number of rotatable bonds is 6. The minimum absolute atomic E-state index is 0.386. The summed E-state index contributed by atoms with van der Waals surface area (Å²) < 4.78 is 5.59. The second-order valence-corrected chi connectivity index (χ2v) is 5.70. The normalized spacial score (nSPS) is 24.6. The van der Waals surface area contributed by atoms with E-state index in [2.05, 4.69) is 41.7 Å². The largest absolute Gasteiger partial charge is 0.377 e. The molecule has 1 N–H and O–H groups in total. The van der Waals surface area contributed by atoms with Crippen molar-refractivity contribution in [1.29, 1.82) is 0 Å². The van der Waals surface area contributed by atoms with Gasteiger partial charge in [0.2, 0.25) is 0 Å². The quantitative estimate of drug-likeness (QED) is 0.785. The first-order chi connectivity index (χ1) is 8.27. The average molecular weight is 254 g/mol. The van der Waals surface area contributed by atoms with Crippen molar-refractivity contribution < 1.29 is 4.74 Å². The van der Waals surface area contributed by atoms with E-state index in [-0.39, 0.29) is 0 Å². The van der Waals surface area contributed by atoms with Crippen LogP contribution in [0.3, 0.4) is 0 Å². The molecule has 0 spiro atoms. The molecule has 1 aliphatic heterocycles. The number of hydrogen-bond acceptors (Lipinski definition) is 4. The summed E-state index contributed by atoms with van der Waals surface area (Å²) in [5, 5.41) is 5.61. The molecule has 2 rings (SSSR count). The fraction of sp³-hybridized carbons (Fsp3) is 0.692. The lowest BCUT2D eigenvalue weighted by Crippen LogP contribution is -2.40. The van der Waals surface area contributed by atoms with Gasteiger partial charge in [-0.15, -0.1) is 11.3 Å². The van der Waals surface area contributed by atoms with Crippen LogP contribution in [0.4, 0.5) is 0 Å². The second kappa shape index (κ2) is 6.50. The molecule has 96 valence electrons. The van der Waals surface area contributed by atoms with Gasteiger partial charge in [-0.05, 0) is 31.8 Å². The first-order valence-corrected chi connectivity index (χ1v) is 7.20. The van der Waals surface area contributed by atoms with Crippen molar-refractivity contribution in [3.05, 3.63) is 22.4 Å². The Labute approximate surface area is 108 Å². The number of hydrogen-bond donors (Lipinski definition) is 1. The Hall–Kier alpha value is -0.420. The van der Waals surface area contributed by atoms with E-state index < -0.39 is 0 Å². The molecule has 4 heteroatoms. The Kier molecular flexibility index (Phi) is 4.98. The summed E-state index contributed by atoms with van der Waals surface area (Å²) in [5.41, 5.74) is 0. The van der Waals surface area contributed by atoms with E-state index in [0.717, 1.165) is 26.2 Å². The molecule has 2 heterocycles. The SMILES string of the molecule is CC1OCCC1N(C)CCNCc1cccs1. The predicted molar refractivity (Wildman–Crippen MR) is 72.5 cm³/mol. The predicted octanol–water partition coefficient (Wildman–Crippen LogP) is 1.95. The van der Waals surface area contributed by atoms with Gasteiger partial charge in [-0.3, -0.25) is 4.90 Å². The standard InChI is InChI=1S/C13H22N2OS/c1-11-13(5-8-16-11)15(2)7-6-14-10-12-4-3-9-17-12/h3-4,9,11,13-14H,5-8,10H2,1-2H3. The van der Waals surface area contributed by atoms with Gasteiger partial charge in [0, 0.05) is 37.2 Å². The van der Waals surface area contributed by atoms with Crippen LogP contribution >= 0.6 is 11.3 Å². The number of thiophene rings is 1. The zero-order valence-electron chi connectivity index (χ0n) is 10.7. The summed E-state index contributed by atoms with van der Waals surface area (Å²) in [5.74, 6) is 0. The Morgan fingerprint density at radius 2 is 2.47 bits per heavy atom. The zero-order chi connectivity index (χ0) is 12.1. The van der Waals surface area contributed by atoms with Crippen LogP contribution in [0, 0.1) is 0 Å². The molecule has 0 bridgehead atoms. The van der Waals surface area contributed by atoms with Crippen LogP contribution in [0.25, 0.3) is 0 Å². The van der Waals surface area contributed by atoms with Crippen molar-refractivity contribution in [3.63, 3.8) is 0 Å². The lowest BCUT2D eigenvalue weighted by Gasteiger charge is -2.26. The Bertz CT molecular complexity index is 315. The average Bonchev–Trinajstić information content (AvgIpc) is 2.95. The topological polar surface area (TPSA) is 24.5 Å². The lowest BCUT2D eigenvalue weighted by atomic mass is 10.1. The molecule has 1 aromatic heterocycles. The molecule has 1 aromatic rings. The minimum atomic E-state index is 0.386. The number of nitrogens with one attached hydrogen (secondary N) is 1. The molecule has 0 amide bonds. The fourth-order valence-electron chi connectivity index (χ4n) is 2.35. The Morgan fingerprint density at radius 3 is 3.12 bits per heavy atom. The van der Waals surface area contributed by atoms with E-state index in [1.165, 1.54) is 11.3 Å². The number of likely N-dealkylation sites (N-methyl/N-ethyl adjacent to an activating group) is 1. The van der Waals surface area contributed by atoms with Gasteiger partial charge < -0.3 is 10.1 Å². The monoisotopic (exact) mass is 254 g/mol. The fourth-order valence-corrected chi connectivity index (χ4v) is 3.02. The summed E-state index contributed by atoms with van der Waals surface area (Å²) in [7, 11) is 2.20. The van der Waals surface area contributed by atoms with Crippen molar-refractivity contribution in [1.82, 2.24) is 10.2 Å². The smallest absolute Gasteiger partial charge is 0.0702 e. The molecule has 3 nitrogen and oxygen atoms in total. The third kappa shape index (κ3) is 3.78. The van der Waals surface area contributed by atoms with Crippen LogP contribution in [0.1, 0.15) is 18.2 Å². The van der Waals surface area contributed by atoms with Gasteiger partial charge in [0.05, 0.1) is 6.10 Å². The zero-order valence-corrected chi connectivity index (χ0v) is 11.5. The van der Waals surface area contributed by atoms with Gasteiger partial charge in [0.25, 0.3) is 0 Å². The summed E-state index contributed by atoms with van der Waals surface area (Å²) in [6.07, 6.45) is 1.56. The molecule has 1 saturated heterocycles. The van der Waals surface area contributed by atoms with E-state index in [9.17, 15) is 0 Å². The molecular formula is C13H22N2OS. The third-order valence-electron chi connectivity index (χ3n) is 3.42. The van der Waals surface area contributed by atoms with Gasteiger partial charge in [0.1, 0.15) is 0 Å². The Morgan fingerprint density at radius 1 is 1.59 bits per heavy atom. The highest BCUT2D eigenvalue weighted by Gasteiger charge is 2.27. The van der Waals surface area contributed by atoms with Crippen molar-refractivity contribution in [3.8, 4) is 0 Å². The molecule has 0 aliphatic carbocycles. The van der Waals surface area contributed by atoms with Crippen molar-refractivity contribution >= 4 is 11.3 Å². The van der Waals surface area contributed by atoms with Crippen LogP contribution in [0.15, 0.2) is 17.5 Å². The molecule has 17 heavy (non-hydrogen) atoms. The van der Waals surface area contributed by atoms with E-state index in [0.29, 0.717) is 12.1 Å². The summed E-state index contributed by atoms with van der Waals surface area (Å²) in [4.78, 5) is 3.82. The van der Waals surface area contributed by atoms with E-state index in [1.807, 2.05) is 11.3 Å². The van der Waals surface area contributed by atoms with Gasteiger partial charge in [-0.1, -0.05) is 6.07 Å². The van der Waals surface area contributed by atoms with Crippen LogP contribution in [-0.2, 0) is 11.3 Å². The molecular weight excluding hydrogens is 232 g/mol. The summed E-state index contributed by atoms with van der Waals surface area (Å²) in [6.45, 7) is 6.20. The maximum absolute atomic E-state index is 5.59. The molecule has 2 atom stereocenters. The van der Waals surface area contributed by atoms with Gasteiger partial charge in [-0.25, -0.2) is 0 Å². The highest BCUT2D eigenvalue weighted by Crippen LogP contribution is 2.17. The maximum atomic E-state index is 5.59. The number of nitrogens with zero attached hydrogens (tertiary/aromatic N) is 1. The van der Waals surface area contributed by atoms with Crippen molar-refractivity contribution in [2.45, 2.75) is 32.0 Å². The van der Waals surface area contributed by atoms with Gasteiger partial charge >= 0.3 is 0 Å². The van der Waals surface area contributed by atoms with Crippen LogP contribution in [0.2, 0.25) is 0 Å².